The fourth-order valence-corrected chi connectivity index (χ4v) is 4.02. The predicted molar refractivity (Wildman–Crippen MR) is 113 cm³/mol. The van der Waals surface area contributed by atoms with Crippen LogP contribution in [0.15, 0.2) is 48.7 Å². The van der Waals surface area contributed by atoms with Crippen molar-refractivity contribution >= 4 is 34.1 Å². The average molecular weight is 391 g/mol. The molecule has 4 aromatic rings. The molecule has 1 aliphatic heterocycles. The largest absolute Gasteiger partial charge is 0.381 e. The lowest BCUT2D eigenvalue weighted by Crippen LogP contribution is -2.21. The minimum Gasteiger partial charge on any atom is -0.381 e. The lowest BCUT2D eigenvalue weighted by molar-refractivity contribution is 0.933. The van der Waals surface area contributed by atoms with E-state index in [1.54, 1.807) is 6.20 Å². The number of hydrogen-bond donors (Lipinski definition) is 2. The van der Waals surface area contributed by atoms with Crippen molar-refractivity contribution in [3.05, 3.63) is 53.7 Å². The summed E-state index contributed by atoms with van der Waals surface area (Å²) in [6, 6.07) is 13.9. The third kappa shape index (κ3) is 2.86. The van der Waals surface area contributed by atoms with Gasteiger partial charge in [0.2, 0.25) is 0 Å². The highest BCUT2D eigenvalue weighted by Crippen LogP contribution is 2.37. The average Bonchev–Trinajstić information content (AvgIpc) is 3.40. The number of halogens is 1. The molecule has 0 saturated carbocycles. The van der Waals surface area contributed by atoms with Gasteiger partial charge in [0.25, 0.3) is 0 Å². The minimum atomic E-state index is 0.458. The molecule has 2 aromatic heterocycles. The van der Waals surface area contributed by atoms with Gasteiger partial charge < -0.3 is 10.6 Å². The van der Waals surface area contributed by atoms with Crippen LogP contribution in [0.25, 0.3) is 33.4 Å². The summed E-state index contributed by atoms with van der Waals surface area (Å²) in [4.78, 5) is 12.0. The Bertz CT molecular complexity index is 1150. The topological polar surface area (TPSA) is 83.7 Å². The molecule has 0 radical (unpaired) electrons. The van der Waals surface area contributed by atoms with Crippen LogP contribution in [0, 0.1) is 0 Å². The number of nitrogen functional groups attached to an aromatic ring is 1. The normalized spacial score (nSPS) is 14.1. The number of anilines is 2. The maximum atomic E-state index is 6.50. The van der Waals surface area contributed by atoms with E-state index >= 15 is 0 Å². The minimum absolute atomic E-state index is 0.458. The van der Waals surface area contributed by atoms with Crippen LogP contribution in [0.5, 0.6) is 0 Å². The Morgan fingerprint density at radius 3 is 2.50 bits per heavy atom. The molecule has 0 spiro atoms. The first kappa shape index (κ1) is 17.0. The third-order valence-electron chi connectivity index (χ3n) is 5.13. The van der Waals surface area contributed by atoms with E-state index in [2.05, 4.69) is 15.1 Å². The smallest absolute Gasteiger partial charge is 0.172 e. The first-order valence-electron chi connectivity index (χ1n) is 9.31. The molecule has 7 heteroatoms. The number of aromatic amines is 1. The van der Waals surface area contributed by atoms with Gasteiger partial charge in [-0.15, -0.1) is 0 Å². The zero-order valence-corrected chi connectivity index (χ0v) is 15.9. The molecule has 0 unspecified atom stereocenters. The monoisotopic (exact) mass is 390 g/mol. The van der Waals surface area contributed by atoms with Crippen LogP contribution in [0.3, 0.4) is 0 Å². The highest BCUT2D eigenvalue weighted by atomic mass is 35.5. The molecule has 2 aromatic carbocycles. The van der Waals surface area contributed by atoms with Crippen LogP contribution in [0.2, 0.25) is 5.02 Å². The molecule has 1 aliphatic rings. The van der Waals surface area contributed by atoms with Crippen molar-refractivity contribution < 1.29 is 0 Å². The van der Waals surface area contributed by atoms with Gasteiger partial charge in [0, 0.05) is 29.6 Å². The lowest BCUT2D eigenvalue weighted by atomic mass is 10.0. The number of benzene rings is 2. The van der Waals surface area contributed by atoms with Crippen molar-refractivity contribution in [2.45, 2.75) is 12.8 Å². The molecule has 6 nitrogen and oxygen atoms in total. The molecule has 1 fully saturated rings. The van der Waals surface area contributed by atoms with Gasteiger partial charge in [0.15, 0.2) is 11.6 Å². The molecule has 5 rings (SSSR count). The molecule has 0 amide bonds. The number of aromatic nitrogens is 4. The van der Waals surface area contributed by atoms with Crippen LogP contribution < -0.4 is 10.6 Å². The van der Waals surface area contributed by atoms with Crippen molar-refractivity contribution in [1.29, 1.82) is 0 Å². The SMILES string of the molecule is Nc1nc(-c2ccccc2)c(-c2cc(Cl)c3[nH]ncc3c2)nc1N1CCCC1. The summed E-state index contributed by atoms with van der Waals surface area (Å²) in [5, 5.41) is 8.57. The molecule has 1 saturated heterocycles. The highest BCUT2D eigenvalue weighted by Gasteiger charge is 2.22. The van der Waals surface area contributed by atoms with E-state index in [9.17, 15) is 0 Å². The number of nitrogens with two attached hydrogens (primary N) is 1. The maximum Gasteiger partial charge on any atom is 0.172 e. The fraction of sp³-hybridized carbons (Fsp3) is 0.190. The van der Waals surface area contributed by atoms with Crippen LogP contribution in [0.1, 0.15) is 12.8 Å². The quantitative estimate of drug-likeness (QED) is 0.537. The Labute approximate surface area is 167 Å². The van der Waals surface area contributed by atoms with Crippen molar-refractivity contribution in [1.82, 2.24) is 20.2 Å². The molecule has 3 heterocycles. The van der Waals surface area contributed by atoms with Crippen molar-refractivity contribution in [3.8, 4) is 22.5 Å². The second-order valence-electron chi connectivity index (χ2n) is 6.98. The van der Waals surface area contributed by atoms with Crippen LogP contribution >= 0.6 is 11.6 Å². The van der Waals surface area contributed by atoms with Gasteiger partial charge in [-0.1, -0.05) is 41.9 Å². The Morgan fingerprint density at radius 1 is 0.964 bits per heavy atom. The molecule has 140 valence electrons. The Balaban J connectivity index is 1.76. The zero-order chi connectivity index (χ0) is 19.1. The lowest BCUT2D eigenvalue weighted by Gasteiger charge is -2.20. The van der Waals surface area contributed by atoms with E-state index in [4.69, 9.17) is 27.3 Å². The van der Waals surface area contributed by atoms with Gasteiger partial charge >= 0.3 is 0 Å². The van der Waals surface area contributed by atoms with E-state index in [1.807, 2.05) is 42.5 Å². The fourth-order valence-electron chi connectivity index (χ4n) is 3.75. The number of nitrogens with zero attached hydrogens (tertiary/aromatic N) is 4. The summed E-state index contributed by atoms with van der Waals surface area (Å²) in [7, 11) is 0. The predicted octanol–water partition coefficient (Wildman–Crippen LogP) is 4.52. The Hall–Kier alpha value is -3.12. The second-order valence-corrected chi connectivity index (χ2v) is 7.39. The van der Waals surface area contributed by atoms with Crippen molar-refractivity contribution in [3.63, 3.8) is 0 Å². The summed E-state index contributed by atoms with van der Waals surface area (Å²) in [6.45, 7) is 1.90. The van der Waals surface area contributed by atoms with E-state index in [0.29, 0.717) is 10.8 Å². The van der Waals surface area contributed by atoms with Gasteiger partial charge in [-0.3, -0.25) is 5.10 Å². The molecule has 0 atom stereocenters. The standard InChI is InChI=1S/C21H19ClN6/c22-16-11-14(10-15-12-24-27-17(15)16)19-18(13-6-2-1-3-7-13)25-20(23)21(26-19)28-8-4-5-9-28/h1-3,6-7,10-12H,4-5,8-9H2,(H2,23,25)(H,24,27). The van der Waals surface area contributed by atoms with Crippen LogP contribution in [-0.4, -0.2) is 33.3 Å². The number of H-pyrrole nitrogens is 1. The molecule has 28 heavy (non-hydrogen) atoms. The van der Waals surface area contributed by atoms with Gasteiger partial charge in [-0.2, -0.15) is 5.10 Å². The summed E-state index contributed by atoms with van der Waals surface area (Å²) in [5.74, 6) is 1.20. The summed E-state index contributed by atoms with van der Waals surface area (Å²) < 4.78 is 0. The van der Waals surface area contributed by atoms with E-state index < -0.39 is 0 Å². The van der Waals surface area contributed by atoms with Crippen molar-refractivity contribution in [2.75, 3.05) is 23.7 Å². The van der Waals surface area contributed by atoms with Gasteiger partial charge in [-0.25, -0.2) is 9.97 Å². The molecule has 3 N–H and O–H groups in total. The Morgan fingerprint density at radius 2 is 1.71 bits per heavy atom. The number of hydrogen-bond acceptors (Lipinski definition) is 5. The first-order valence-corrected chi connectivity index (χ1v) is 9.69. The number of fused-ring (bicyclic) bond motifs is 1. The summed E-state index contributed by atoms with van der Waals surface area (Å²) in [5.41, 5.74) is 10.5. The number of rotatable bonds is 3. The van der Waals surface area contributed by atoms with E-state index in [-0.39, 0.29) is 0 Å². The molecular formula is C21H19ClN6. The van der Waals surface area contributed by atoms with Gasteiger partial charge in [0.1, 0.15) is 0 Å². The molecular weight excluding hydrogens is 372 g/mol. The molecule has 0 aliphatic carbocycles. The van der Waals surface area contributed by atoms with Gasteiger partial charge in [0.05, 0.1) is 28.1 Å². The van der Waals surface area contributed by atoms with Crippen LogP contribution in [0.4, 0.5) is 11.6 Å². The Kier molecular flexibility index (Phi) is 4.13. The third-order valence-corrected chi connectivity index (χ3v) is 5.43. The molecule has 0 bridgehead atoms. The van der Waals surface area contributed by atoms with Crippen molar-refractivity contribution in [2.24, 2.45) is 0 Å². The highest BCUT2D eigenvalue weighted by molar-refractivity contribution is 6.35. The number of nitrogens with one attached hydrogen (secondary N) is 1. The van der Waals surface area contributed by atoms with E-state index in [1.165, 1.54) is 0 Å². The van der Waals surface area contributed by atoms with Gasteiger partial charge in [-0.05, 0) is 25.0 Å². The zero-order valence-electron chi connectivity index (χ0n) is 15.2. The summed E-state index contributed by atoms with van der Waals surface area (Å²) >= 11 is 6.50. The van der Waals surface area contributed by atoms with E-state index in [0.717, 1.165) is 65.2 Å². The first-order chi connectivity index (χ1) is 13.7. The maximum absolute atomic E-state index is 6.50. The second kappa shape index (κ2) is 6.80. The van der Waals surface area contributed by atoms with Crippen LogP contribution in [-0.2, 0) is 0 Å². The summed E-state index contributed by atoms with van der Waals surface area (Å²) in [6.07, 6.45) is 4.05.